The predicted octanol–water partition coefficient (Wildman–Crippen LogP) is 4.49. The fraction of sp³-hybridized carbons (Fsp3) is 0.467. The quantitative estimate of drug-likeness (QED) is 0.770. The summed E-state index contributed by atoms with van der Waals surface area (Å²) >= 11 is 5.98. The molecule has 96 valence electrons. The topological polar surface area (TPSA) is 33.4 Å². The Morgan fingerprint density at radius 3 is 2.89 bits per heavy atom. The molecule has 1 saturated carbocycles. The lowest BCUT2D eigenvalue weighted by molar-refractivity contribution is 0.149. The summed E-state index contributed by atoms with van der Waals surface area (Å²) in [4.78, 5) is 0. The highest BCUT2D eigenvalue weighted by molar-refractivity contribution is 6.31. The van der Waals surface area contributed by atoms with Crippen LogP contribution in [0, 0.1) is 0 Å². The van der Waals surface area contributed by atoms with Crippen molar-refractivity contribution in [3.63, 3.8) is 0 Å². The molecular formula is C15H17ClO2. The summed E-state index contributed by atoms with van der Waals surface area (Å²) in [6.07, 6.45) is 4.93. The first kappa shape index (κ1) is 12.1. The summed E-state index contributed by atoms with van der Waals surface area (Å²) in [5.74, 6) is 1.34. The van der Waals surface area contributed by atoms with Gasteiger partial charge in [-0.15, -0.1) is 0 Å². The van der Waals surface area contributed by atoms with Crippen molar-refractivity contribution < 1.29 is 9.52 Å². The smallest absolute Gasteiger partial charge is 0.134 e. The second kappa shape index (κ2) is 4.94. The second-order valence-corrected chi connectivity index (χ2v) is 5.64. The Morgan fingerprint density at radius 2 is 2.00 bits per heavy atom. The van der Waals surface area contributed by atoms with E-state index in [0.29, 0.717) is 5.92 Å². The fourth-order valence-electron chi connectivity index (χ4n) is 2.83. The average molecular weight is 265 g/mol. The Bertz CT molecular complexity index is 546. The lowest BCUT2D eigenvalue weighted by Crippen LogP contribution is -2.08. The van der Waals surface area contributed by atoms with Gasteiger partial charge in [0.2, 0.25) is 0 Å². The lowest BCUT2D eigenvalue weighted by Gasteiger charge is -2.13. The molecule has 1 aromatic heterocycles. The van der Waals surface area contributed by atoms with Crippen molar-refractivity contribution in [3.8, 4) is 0 Å². The van der Waals surface area contributed by atoms with Crippen LogP contribution in [-0.2, 0) is 0 Å². The highest BCUT2D eigenvalue weighted by Gasteiger charge is 2.22. The maximum Gasteiger partial charge on any atom is 0.134 e. The number of furan rings is 1. The van der Waals surface area contributed by atoms with Crippen molar-refractivity contribution in [1.29, 1.82) is 0 Å². The van der Waals surface area contributed by atoms with E-state index in [-0.39, 0.29) is 6.10 Å². The highest BCUT2D eigenvalue weighted by Crippen LogP contribution is 2.35. The minimum Gasteiger partial charge on any atom is -0.461 e. The predicted molar refractivity (Wildman–Crippen MR) is 73.1 cm³/mol. The SMILES string of the molecule is OC1CCCCC(c2cc3cc(Cl)ccc3o2)C1. The molecule has 0 saturated heterocycles. The van der Waals surface area contributed by atoms with Crippen molar-refractivity contribution in [2.45, 2.75) is 44.1 Å². The number of rotatable bonds is 1. The summed E-state index contributed by atoms with van der Waals surface area (Å²) in [5.41, 5.74) is 0.883. The molecule has 0 spiro atoms. The van der Waals surface area contributed by atoms with Crippen LogP contribution in [-0.4, -0.2) is 11.2 Å². The Hall–Kier alpha value is -0.990. The summed E-state index contributed by atoms with van der Waals surface area (Å²) in [6.45, 7) is 0. The molecule has 18 heavy (non-hydrogen) atoms. The molecule has 1 N–H and O–H groups in total. The standard InChI is InChI=1S/C15H17ClO2/c16-12-5-6-14-11(7-12)9-15(18-14)10-3-1-2-4-13(17)8-10/h5-7,9-10,13,17H,1-4,8H2. The molecule has 0 radical (unpaired) electrons. The van der Waals surface area contributed by atoms with Gasteiger partial charge in [-0.3, -0.25) is 0 Å². The van der Waals surface area contributed by atoms with E-state index in [1.54, 1.807) is 0 Å². The van der Waals surface area contributed by atoms with Crippen LogP contribution in [0.5, 0.6) is 0 Å². The van der Waals surface area contributed by atoms with E-state index in [2.05, 4.69) is 6.07 Å². The van der Waals surface area contributed by atoms with Gasteiger partial charge in [-0.2, -0.15) is 0 Å². The number of aliphatic hydroxyl groups is 1. The zero-order valence-corrected chi connectivity index (χ0v) is 11.0. The molecule has 1 heterocycles. The molecule has 2 unspecified atom stereocenters. The third kappa shape index (κ3) is 2.40. The number of benzene rings is 1. The zero-order valence-electron chi connectivity index (χ0n) is 10.2. The Balaban J connectivity index is 1.93. The number of hydrogen-bond donors (Lipinski definition) is 1. The van der Waals surface area contributed by atoms with E-state index in [0.717, 1.165) is 47.4 Å². The molecule has 2 aromatic rings. The first-order valence-corrected chi connectivity index (χ1v) is 6.97. The van der Waals surface area contributed by atoms with Crippen LogP contribution < -0.4 is 0 Å². The van der Waals surface area contributed by atoms with Gasteiger partial charge in [-0.25, -0.2) is 0 Å². The monoisotopic (exact) mass is 264 g/mol. The second-order valence-electron chi connectivity index (χ2n) is 5.20. The largest absolute Gasteiger partial charge is 0.461 e. The van der Waals surface area contributed by atoms with Crippen LogP contribution in [0.1, 0.15) is 43.8 Å². The zero-order chi connectivity index (χ0) is 12.5. The van der Waals surface area contributed by atoms with Crippen LogP contribution >= 0.6 is 11.6 Å². The van der Waals surface area contributed by atoms with Crippen molar-refractivity contribution >= 4 is 22.6 Å². The number of hydrogen-bond acceptors (Lipinski definition) is 2. The van der Waals surface area contributed by atoms with Gasteiger partial charge in [0.05, 0.1) is 6.10 Å². The Kier molecular flexibility index (Phi) is 3.31. The molecule has 3 heteroatoms. The van der Waals surface area contributed by atoms with E-state index in [9.17, 15) is 5.11 Å². The molecule has 1 aliphatic rings. The fourth-order valence-corrected chi connectivity index (χ4v) is 3.01. The van der Waals surface area contributed by atoms with Crippen LogP contribution in [0.15, 0.2) is 28.7 Å². The van der Waals surface area contributed by atoms with Crippen molar-refractivity contribution in [2.75, 3.05) is 0 Å². The number of fused-ring (bicyclic) bond motifs is 1. The first-order chi connectivity index (χ1) is 8.72. The maximum atomic E-state index is 9.88. The molecule has 0 bridgehead atoms. The van der Waals surface area contributed by atoms with Gasteiger partial charge in [0.1, 0.15) is 11.3 Å². The van der Waals surface area contributed by atoms with E-state index in [1.165, 1.54) is 6.42 Å². The summed E-state index contributed by atoms with van der Waals surface area (Å²) < 4.78 is 5.90. The molecule has 0 amide bonds. The van der Waals surface area contributed by atoms with Gasteiger partial charge in [0.25, 0.3) is 0 Å². The third-order valence-corrected chi connectivity index (χ3v) is 4.03. The van der Waals surface area contributed by atoms with E-state index < -0.39 is 0 Å². The molecule has 1 aliphatic carbocycles. The van der Waals surface area contributed by atoms with E-state index >= 15 is 0 Å². The van der Waals surface area contributed by atoms with Gasteiger partial charge in [-0.05, 0) is 43.5 Å². The average Bonchev–Trinajstić information content (AvgIpc) is 2.63. The Labute approximate surface area is 112 Å². The molecule has 1 fully saturated rings. The summed E-state index contributed by atoms with van der Waals surface area (Å²) in [6, 6.07) is 7.76. The number of halogens is 1. The van der Waals surface area contributed by atoms with Crippen molar-refractivity contribution in [2.24, 2.45) is 0 Å². The highest BCUT2D eigenvalue weighted by atomic mass is 35.5. The van der Waals surface area contributed by atoms with E-state index in [1.807, 2.05) is 18.2 Å². The van der Waals surface area contributed by atoms with E-state index in [4.69, 9.17) is 16.0 Å². The minimum absolute atomic E-state index is 0.186. The van der Waals surface area contributed by atoms with Crippen LogP contribution in [0.25, 0.3) is 11.0 Å². The van der Waals surface area contributed by atoms with Crippen LogP contribution in [0.3, 0.4) is 0 Å². The van der Waals surface area contributed by atoms with Crippen LogP contribution in [0.2, 0.25) is 5.02 Å². The third-order valence-electron chi connectivity index (χ3n) is 3.80. The molecule has 2 atom stereocenters. The first-order valence-electron chi connectivity index (χ1n) is 6.59. The molecule has 2 nitrogen and oxygen atoms in total. The van der Waals surface area contributed by atoms with Gasteiger partial charge in [-0.1, -0.05) is 24.4 Å². The van der Waals surface area contributed by atoms with Crippen molar-refractivity contribution in [1.82, 2.24) is 0 Å². The van der Waals surface area contributed by atoms with Crippen LogP contribution in [0.4, 0.5) is 0 Å². The summed E-state index contributed by atoms with van der Waals surface area (Å²) in [7, 11) is 0. The maximum absolute atomic E-state index is 9.88. The molecule has 1 aromatic carbocycles. The van der Waals surface area contributed by atoms with Crippen molar-refractivity contribution in [3.05, 3.63) is 35.0 Å². The normalized spacial score (nSPS) is 25.2. The van der Waals surface area contributed by atoms with Gasteiger partial charge >= 0.3 is 0 Å². The minimum atomic E-state index is -0.186. The Morgan fingerprint density at radius 1 is 1.17 bits per heavy atom. The lowest BCUT2D eigenvalue weighted by atomic mass is 9.96. The van der Waals surface area contributed by atoms with Gasteiger partial charge in [0.15, 0.2) is 0 Å². The molecule has 3 rings (SSSR count). The number of aliphatic hydroxyl groups excluding tert-OH is 1. The summed E-state index contributed by atoms with van der Waals surface area (Å²) in [5, 5.41) is 11.7. The molecule has 0 aliphatic heterocycles. The van der Waals surface area contributed by atoms with Gasteiger partial charge < -0.3 is 9.52 Å². The molecular weight excluding hydrogens is 248 g/mol. The van der Waals surface area contributed by atoms with Gasteiger partial charge in [0, 0.05) is 16.3 Å².